The first-order chi connectivity index (χ1) is 17.9. The van der Waals surface area contributed by atoms with E-state index in [9.17, 15) is 14.4 Å². The lowest BCUT2D eigenvalue weighted by atomic mass is 9.95. The number of carbonyl (C=O) groups excluding carboxylic acids is 3. The number of aromatic amines is 1. The van der Waals surface area contributed by atoms with Crippen LogP contribution in [0.25, 0.3) is 33.0 Å². The SMILES string of the molecule is CCN(CC)CCCn1cc(C2=C(c3c[nH]c4ccccc34)C(=O)NC2=O)c2ccc(NC(C)=O)cc21. The molecule has 1 aliphatic rings. The van der Waals surface area contributed by atoms with Gasteiger partial charge in [0.05, 0.1) is 16.7 Å². The number of anilines is 1. The number of hydrogen-bond acceptors (Lipinski definition) is 4. The molecule has 0 atom stereocenters. The smallest absolute Gasteiger partial charge is 0.259 e. The molecule has 5 rings (SSSR count). The van der Waals surface area contributed by atoms with Crippen molar-refractivity contribution in [3.05, 3.63) is 66.0 Å². The normalized spacial score (nSPS) is 13.8. The fourth-order valence-corrected chi connectivity index (χ4v) is 5.21. The van der Waals surface area contributed by atoms with E-state index in [2.05, 4.69) is 38.9 Å². The highest BCUT2D eigenvalue weighted by Gasteiger charge is 2.35. The van der Waals surface area contributed by atoms with Gasteiger partial charge in [-0.3, -0.25) is 19.7 Å². The molecule has 0 bridgehead atoms. The van der Waals surface area contributed by atoms with Crippen LogP contribution in [-0.2, 0) is 20.9 Å². The number of hydrogen-bond donors (Lipinski definition) is 3. The first-order valence-electron chi connectivity index (χ1n) is 12.7. The third kappa shape index (κ3) is 4.56. The Morgan fingerprint density at radius 2 is 1.70 bits per heavy atom. The maximum atomic E-state index is 13.2. The van der Waals surface area contributed by atoms with Crippen molar-refractivity contribution in [2.24, 2.45) is 0 Å². The minimum Gasteiger partial charge on any atom is -0.361 e. The second kappa shape index (κ2) is 10.1. The number of nitrogens with zero attached hydrogens (tertiary/aromatic N) is 2. The van der Waals surface area contributed by atoms with Crippen LogP contribution in [-0.4, -0.2) is 51.8 Å². The Hall–Kier alpha value is -4.17. The molecule has 0 aliphatic carbocycles. The van der Waals surface area contributed by atoms with Crippen LogP contribution in [0.2, 0.25) is 0 Å². The molecule has 3 heterocycles. The zero-order chi connectivity index (χ0) is 26.1. The number of aryl methyl sites for hydroxylation is 1. The van der Waals surface area contributed by atoms with Crippen LogP contribution < -0.4 is 10.6 Å². The number of imide groups is 1. The lowest BCUT2D eigenvalue weighted by molar-refractivity contribution is -0.123. The number of fused-ring (bicyclic) bond motifs is 2. The number of H-pyrrole nitrogens is 1. The van der Waals surface area contributed by atoms with Crippen LogP contribution >= 0.6 is 0 Å². The summed E-state index contributed by atoms with van der Waals surface area (Å²) in [6.07, 6.45) is 4.68. The molecule has 2 aromatic heterocycles. The number of amides is 3. The number of aromatic nitrogens is 2. The molecule has 4 aromatic rings. The van der Waals surface area contributed by atoms with Gasteiger partial charge in [-0.1, -0.05) is 38.1 Å². The number of rotatable bonds is 9. The average Bonchev–Trinajstić information content (AvgIpc) is 3.54. The van der Waals surface area contributed by atoms with Crippen molar-refractivity contribution in [3.63, 3.8) is 0 Å². The number of carbonyl (C=O) groups is 3. The second-order valence-electron chi connectivity index (χ2n) is 9.31. The highest BCUT2D eigenvalue weighted by atomic mass is 16.2. The number of benzene rings is 2. The number of nitrogens with one attached hydrogen (secondary N) is 3. The summed E-state index contributed by atoms with van der Waals surface area (Å²) in [5.74, 6) is -0.954. The van der Waals surface area contributed by atoms with Gasteiger partial charge in [0.2, 0.25) is 5.91 Å². The molecule has 8 nitrogen and oxygen atoms in total. The van der Waals surface area contributed by atoms with Crippen molar-refractivity contribution < 1.29 is 14.4 Å². The molecular weight excluding hydrogens is 466 g/mol. The first-order valence-corrected chi connectivity index (χ1v) is 12.7. The highest BCUT2D eigenvalue weighted by Crippen LogP contribution is 2.38. The lowest BCUT2D eigenvalue weighted by Crippen LogP contribution is -2.24. The Balaban J connectivity index is 1.66. The van der Waals surface area contributed by atoms with Gasteiger partial charge in [0.1, 0.15) is 0 Å². The molecule has 0 fully saturated rings. The van der Waals surface area contributed by atoms with Gasteiger partial charge in [0.25, 0.3) is 11.8 Å². The van der Waals surface area contributed by atoms with Crippen molar-refractivity contribution in [3.8, 4) is 0 Å². The Labute approximate surface area is 215 Å². The average molecular weight is 498 g/mol. The van der Waals surface area contributed by atoms with Crippen LogP contribution in [0.3, 0.4) is 0 Å². The Morgan fingerprint density at radius 3 is 2.43 bits per heavy atom. The van der Waals surface area contributed by atoms with Crippen molar-refractivity contribution in [2.75, 3.05) is 25.0 Å². The standard InChI is InChI=1S/C29H31N5O3/c1-4-33(5-2)13-8-14-34-17-23(21-12-11-19(15-25(21)34)31-18(3)35)27-26(28(36)32-29(27)37)22-16-30-24-10-7-6-9-20(22)24/h6-7,9-12,15-17,30H,4-5,8,13-14H2,1-3H3,(H,31,35)(H,32,36,37). The number of para-hydroxylation sites is 1. The van der Waals surface area contributed by atoms with Crippen molar-refractivity contribution in [1.29, 1.82) is 0 Å². The highest BCUT2D eigenvalue weighted by molar-refractivity contribution is 6.50. The summed E-state index contributed by atoms with van der Waals surface area (Å²) in [7, 11) is 0. The van der Waals surface area contributed by atoms with Crippen molar-refractivity contribution in [2.45, 2.75) is 33.7 Å². The largest absolute Gasteiger partial charge is 0.361 e. The predicted molar refractivity (Wildman–Crippen MR) is 147 cm³/mol. The van der Waals surface area contributed by atoms with Crippen LogP contribution in [0.15, 0.2) is 54.9 Å². The zero-order valence-corrected chi connectivity index (χ0v) is 21.4. The topological polar surface area (TPSA) is 99.2 Å². The molecule has 3 N–H and O–H groups in total. The van der Waals surface area contributed by atoms with E-state index in [0.29, 0.717) is 28.0 Å². The van der Waals surface area contributed by atoms with Gasteiger partial charge in [-0.15, -0.1) is 0 Å². The summed E-state index contributed by atoms with van der Waals surface area (Å²) in [5, 5.41) is 7.11. The molecule has 0 saturated carbocycles. The summed E-state index contributed by atoms with van der Waals surface area (Å²) in [4.78, 5) is 43.6. The molecule has 0 unspecified atom stereocenters. The van der Waals surface area contributed by atoms with E-state index in [1.807, 2.05) is 48.7 Å². The van der Waals surface area contributed by atoms with E-state index in [-0.39, 0.29) is 5.91 Å². The van der Waals surface area contributed by atoms with E-state index in [1.54, 1.807) is 6.20 Å². The summed E-state index contributed by atoms with van der Waals surface area (Å²) < 4.78 is 2.12. The van der Waals surface area contributed by atoms with Crippen LogP contribution in [0, 0.1) is 0 Å². The molecule has 8 heteroatoms. The molecule has 3 amide bonds. The molecule has 2 aromatic carbocycles. The Kier molecular flexibility index (Phi) is 6.67. The van der Waals surface area contributed by atoms with Gasteiger partial charge in [0, 0.05) is 59.0 Å². The van der Waals surface area contributed by atoms with Gasteiger partial charge < -0.3 is 19.8 Å². The Bertz CT molecular complexity index is 1550. The molecule has 190 valence electrons. The molecule has 0 saturated heterocycles. The van der Waals surface area contributed by atoms with Crippen LogP contribution in [0.4, 0.5) is 5.69 Å². The lowest BCUT2D eigenvalue weighted by Gasteiger charge is -2.18. The Morgan fingerprint density at radius 1 is 0.973 bits per heavy atom. The van der Waals surface area contributed by atoms with E-state index in [4.69, 9.17) is 0 Å². The van der Waals surface area contributed by atoms with E-state index >= 15 is 0 Å². The quantitative estimate of drug-likeness (QED) is 0.299. The van der Waals surface area contributed by atoms with Crippen molar-refractivity contribution in [1.82, 2.24) is 19.8 Å². The monoisotopic (exact) mass is 497 g/mol. The van der Waals surface area contributed by atoms with Gasteiger partial charge >= 0.3 is 0 Å². The zero-order valence-electron chi connectivity index (χ0n) is 21.4. The fraction of sp³-hybridized carbons (Fsp3) is 0.276. The molecule has 37 heavy (non-hydrogen) atoms. The third-order valence-electron chi connectivity index (χ3n) is 7.03. The predicted octanol–water partition coefficient (Wildman–Crippen LogP) is 4.38. The first kappa shape index (κ1) is 24.5. The second-order valence-corrected chi connectivity index (χ2v) is 9.31. The summed E-state index contributed by atoms with van der Waals surface area (Å²) in [5.41, 5.74) is 4.63. The summed E-state index contributed by atoms with van der Waals surface area (Å²) in [6, 6.07) is 13.4. The maximum Gasteiger partial charge on any atom is 0.259 e. The third-order valence-corrected chi connectivity index (χ3v) is 7.03. The molecular formula is C29H31N5O3. The molecule has 0 spiro atoms. The minimum absolute atomic E-state index is 0.149. The van der Waals surface area contributed by atoms with Gasteiger partial charge in [0.15, 0.2) is 0 Å². The van der Waals surface area contributed by atoms with Gasteiger partial charge in [-0.25, -0.2) is 0 Å². The molecule has 0 radical (unpaired) electrons. The van der Waals surface area contributed by atoms with E-state index in [1.165, 1.54) is 6.92 Å². The van der Waals surface area contributed by atoms with E-state index < -0.39 is 11.8 Å². The summed E-state index contributed by atoms with van der Waals surface area (Å²) >= 11 is 0. The van der Waals surface area contributed by atoms with E-state index in [0.717, 1.165) is 54.4 Å². The van der Waals surface area contributed by atoms with Crippen LogP contribution in [0.1, 0.15) is 38.3 Å². The van der Waals surface area contributed by atoms with Gasteiger partial charge in [-0.2, -0.15) is 0 Å². The van der Waals surface area contributed by atoms with Crippen LogP contribution in [0.5, 0.6) is 0 Å². The maximum absolute atomic E-state index is 13.2. The molecule has 1 aliphatic heterocycles. The van der Waals surface area contributed by atoms with Gasteiger partial charge in [-0.05, 0) is 44.3 Å². The minimum atomic E-state index is -0.404. The fourth-order valence-electron chi connectivity index (χ4n) is 5.21. The van der Waals surface area contributed by atoms with Crippen molar-refractivity contribution >= 4 is 56.4 Å². The summed E-state index contributed by atoms with van der Waals surface area (Å²) in [6.45, 7) is 9.46.